The van der Waals surface area contributed by atoms with E-state index in [0.29, 0.717) is 17.3 Å². The number of hydrogen-bond donors (Lipinski definition) is 2. The summed E-state index contributed by atoms with van der Waals surface area (Å²) in [5.74, 6) is -0.382. The van der Waals surface area contributed by atoms with Crippen molar-refractivity contribution in [3.63, 3.8) is 0 Å². The van der Waals surface area contributed by atoms with E-state index < -0.39 is 17.8 Å². The molecular weight excluding hydrogens is 483 g/mol. The van der Waals surface area contributed by atoms with Crippen LogP contribution in [0.25, 0.3) is 11.1 Å². The second-order valence-electron chi connectivity index (χ2n) is 9.94. The van der Waals surface area contributed by atoms with Crippen LogP contribution < -0.4 is 15.1 Å². The first-order valence-corrected chi connectivity index (χ1v) is 12.7. The minimum absolute atomic E-state index is 0.240. The van der Waals surface area contributed by atoms with Crippen molar-refractivity contribution in [2.45, 2.75) is 25.5 Å². The predicted molar refractivity (Wildman–Crippen MR) is 145 cm³/mol. The number of benzene rings is 2. The molecule has 2 atom stereocenters. The van der Waals surface area contributed by atoms with E-state index in [4.69, 9.17) is 0 Å². The third-order valence-electron chi connectivity index (χ3n) is 7.60. The summed E-state index contributed by atoms with van der Waals surface area (Å²) in [6.07, 6.45) is 1.88. The summed E-state index contributed by atoms with van der Waals surface area (Å²) in [6.45, 7) is 4.24. The largest absolute Gasteiger partial charge is 0.377 e. The number of aliphatic hydroxyl groups is 1. The van der Waals surface area contributed by atoms with Crippen molar-refractivity contribution in [1.82, 2.24) is 14.5 Å². The molecule has 9 heteroatoms. The molecule has 1 fully saturated rings. The number of carbonyl (C=O) groups is 1. The second kappa shape index (κ2) is 9.57. The van der Waals surface area contributed by atoms with Crippen LogP contribution in [-0.4, -0.2) is 51.2 Å². The van der Waals surface area contributed by atoms with Crippen molar-refractivity contribution in [2.75, 3.05) is 34.8 Å². The van der Waals surface area contributed by atoms with Crippen LogP contribution in [0.1, 0.15) is 23.1 Å². The van der Waals surface area contributed by atoms with Gasteiger partial charge < -0.3 is 24.8 Å². The molecule has 2 aliphatic heterocycles. The lowest BCUT2D eigenvalue weighted by atomic mass is 10.0. The van der Waals surface area contributed by atoms with Crippen LogP contribution in [0, 0.1) is 12.7 Å². The van der Waals surface area contributed by atoms with Gasteiger partial charge in [0.2, 0.25) is 5.95 Å². The lowest BCUT2D eigenvalue weighted by molar-refractivity contribution is -0.124. The predicted octanol–water partition coefficient (Wildman–Crippen LogP) is 3.85. The molecule has 4 aromatic rings. The fourth-order valence-corrected chi connectivity index (χ4v) is 5.62. The van der Waals surface area contributed by atoms with Crippen LogP contribution in [-0.2, 0) is 18.3 Å². The summed E-state index contributed by atoms with van der Waals surface area (Å²) < 4.78 is 15.1. The summed E-state index contributed by atoms with van der Waals surface area (Å²) in [5, 5.41) is 14.0. The topological polar surface area (TPSA) is 86.5 Å². The molecule has 1 amide bonds. The number of nitrogens with one attached hydrogen (secondary N) is 1. The maximum atomic E-state index is 13.2. The Bertz CT molecular complexity index is 1490. The molecule has 0 saturated carbocycles. The molecule has 38 heavy (non-hydrogen) atoms. The number of nitrogens with zero attached hydrogens (tertiary/aromatic N) is 5. The van der Waals surface area contributed by atoms with Gasteiger partial charge in [0.05, 0.1) is 24.1 Å². The Hall–Kier alpha value is -4.24. The van der Waals surface area contributed by atoms with E-state index in [9.17, 15) is 14.3 Å². The lowest BCUT2D eigenvalue weighted by Gasteiger charge is -2.39. The maximum Gasteiger partial charge on any atom is 0.259 e. The van der Waals surface area contributed by atoms with Gasteiger partial charge in [-0.1, -0.05) is 30.3 Å². The average Bonchev–Trinajstić information content (AvgIpc) is 3.44. The fourth-order valence-electron chi connectivity index (χ4n) is 5.62. The van der Waals surface area contributed by atoms with Gasteiger partial charge in [0.25, 0.3) is 5.91 Å². The fraction of sp³-hybridized carbons (Fsp3) is 0.276. The molecular formula is C29H29FN6O2. The number of amides is 1. The van der Waals surface area contributed by atoms with Crippen molar-refractivity contribution >= 4 is 23.2 Å². The molecule has 0 radical (unpaired) electrons. The third kappa shape index (κ3) is 4.28. The summed E-state index contributed by atoms with van der Waals surface area (Å²) in [7, 11) is 1.86. The Kier molecular flexibility index (Phi) is 6.07. The molecule has 0 bridgehead atoms. The Morgan fingerprint density at radius 3 is 2.63 bits per heavy atom. The Labute approximate surface area is 220 Å². The Morgan fingerprint density at radius 2 is 1.87 bits per heavy atom. The normalized spacial score (nSPS) is 17.2. The van der Waals surface area contributed by atoms with Crippen molar-refractivity contribution in [1.29, 1.82) is 0 Å². The van der Waals surface area contributed by atoms with Gasteiger partial charge in [0.15, 0.2) is 11.9 Å². The number of aliphatic hydroxyl groups excluding tert-OH is 1. The highest BCUT2D eigenvalue weighted by atomic mass is 19.1. The highest BCUT2D eigenvalue weighted by Crippen LogP contribution is 2.37. The first kappa shape index (κ1) is 24.1. The number of fused-ring (bicyclic) bond motifs is 3. The number of carbonyl (C=O) groups excluding carboxylic acids is 1. The number of halogens is 1. The Balaban J connectivity index is 1.18. The van der Waals surface area contributed by atoms with Gasteiger partial charge in [0.1, 0.15) is 0 Å². The van der Waals surface area contributed by atoms with Gasteiger partial charge in [-0.05, 0) is 48.7 Å². The molecule has 1 saturated heterocycles. The van der Waals surface area contributed by atoms with E-state index in [1.165, 1.54) is 12.4 Å². The van der Waals surface area contributed by atoms with E-state index in [-0.39, 0.29) is 6.04 Å². The van der Waals surface area contributed by atoms with Crippen molar-refractivity contribution < 1.29 is 14.3 Å². The highest BCUT2D eigenvalue weighted by Gasteiger charge is 2.35. The number of aromatic nitrogens is 3. The summed E-state index contributed by atoms with van der Waals surface area (Å²) in [6, 6.07) is 17.9. The molecule has 0 aliphatic carbocycles. The van der Waals surface area contributed by atoms with Crippen LogP contribution >= 0.6 is 0 Å². The van der Waals surface area contributed by atoms with Crippen LogP contribution in [0.3, 0.4) is 0 Å². The molecule has 2 unspecified atom stereocenters. The quantitative estimate of drug-likeness (QED) is 0.423. The molecule has 0 spiro atoms. The van der Waals surface area contributed by atoms with Crippen molar-refractivity contribution in [3.05, 3.63) is 89.8 Å². The minimum Gasteiger partial charge on any atom is -0.377 e. The highest BCUT2D eigenvalue weighted by molar-refractivity contribution is 5.96. The maximum absolute atomic E-state index is 13.2. The zero-order chi connectivity index (χ0) is 26.4. The summed E-state index contributed by atoms with van der Waals surface area (Å²) >= 11 is 0. The molecule has 4 heterocycles. The van der Waals surface area contributed by atoms with Crippen molar-refractivity contribution in [2.24, 2.45) is 7.05 Å². The molecule has 8 nitrogen and oxygen atoms in total. The molecule has 194 valence electrons. The summed E-state index contributed by atoms with van der Waals surface area (Å²) in [5.41, 5.74) is 6.26. The van der Waals surface area contributed by atoms with Gasteiger partial charge in [-0.25, -0.2) is 14.4 Å². The van der Waals surface area contributed by atoms with Gasteiger partial charge in [0, 0.05) is 49.3 Å². The van der Waals surface area contributed by atoms with Crippen LogP contribution in [0.15, 0.2) is 67.0 Å². The van der Waals surface area contributed by atoms with Gasteiger partial charge in [-0.15, -0.1) is 0 Å². The van der Waals surface area contributed by atoms with Crippen LogP contribution in [0.2, 0.25) is 0 Å². The van der Waals surface area contributed by atoms with Gasteiger partial charge in [-0.2, -0.15) is 0 Å². The van der Waals surface area contributed by atoms with E-state index >= 15 is 0 Å². The average molecular weight is 513 g/mol. The van der Waals surface area contributed by atoms with Crippen molar-refractivity contribution in [3.8, 4) is 11.1 Å². The first-order chi connectivity index (χ1) is 18.4. The standard InChI is InChI=1S/C29H29FN6O2/c1-18-12-24(19-6-4-3-5-7-19)26(34(18)2)27(37)28(38)33-22-8-9-25-20(13-22)14-23-17-35(10-11-36(23)25)29-31-15-21(30)16-32-29/h3-9,12-13,15-16,23,27,37H,10-11,14,17H2,1-2H3,(H,33,38). The first-order valence-electron chi connectivity index (χ1n) is 12.7. The van der Waals surface area contributed by atoms with E-state index in [1.54, 1.807) is 0 Å². The Morgan fingerprint density at radius 1 is 1.11 bits per heavy atom. The van der Waals surface area contributed by atoms with E-state index in [1.807, 2.05) is 73.1 Å². The van der Waals surface area contributed by atoms with E-state index in [0.717, 1.165) is 54.1 Å². The third-order valence-corrected chi connectivity index (χ3v) is 7.60. The number of piperazine rings is 1. The number of rotatable bonds is 5. The molecule has 2 N–H and O–H groups in total. The lowest BCUT2D eigenvalue weighted by Crippen LogP contribution is -2.52. The molecule has 2 aromatic carbocycles. The number of aryl methyl sites for hydroxylation is 1. The second-order valence-corrected chi connectivity index (χ2v) is 9.94. The smallest absolute Gasteiger partial charge is 0.259 e. The van der Waals surface area contributed by atoms with Gasteiger partial charge in [-0.3, -0.25) is 4.79 Å². The van der Waals surface area contributed by atoms with Crippen LogP contribution in [0.5, 0.6) is 0 Å². The zero-order valence-electron chi connectivity index (χ0n) is 21.3. The molecule has 2 aromatic heterocycles. The van der Waals surface area contributed by atoms with Gasteiger partial charge >= 0.3 is 0 Å². The number of anilines is 3. The van der Waals surface area contributed by atoms with E-state index in [2.05, 4.69) is 25.1 Å². The number of hydrogen-bond acceptors (Lipinski definition) is 6. The minimum atomic E-state index is -1.33. The molecule has 6 rings (SSSR count). The molecule has 2 aliphatic rings. The monoisotopic (exact) mass is 512 g/mol. The van der Waals surface area contributed by atoms with Crippen LogP contribution in [0.4, 0.5) is 21.7 Å². The SMILES string of the molecule is Cc1cc(-c2ccccc2)c(C(O)C(=O)Nc2ccc3c(c2)CC2CN(c4ncc(F)cn4)CCN32)n1C. The zero-order valence-corrected chi connectivity index (χ0v) is 21.3. The summed E-state index contributed by atoms with van der Waals surface area (Å²) in [4.78, 5) is 25.9.